The number of carbonyl (C=O) groups is 3. The summed E-state index contributed by atoms with van der Waals surface area (Å²) < 4.78 is 35.1. The van der Waals surface area contributed by atoms with E-state index >= 15 is 0 Å². The summed E-state index contributed by atoms with van der Waals surface area (Å²) in [6.07, 6.45) is -0.292. The number of amides is 3. The van der Waals surface area contributed by atoms with Crippen LogP contribution in [0.25, 0.3) is 11.1 Å². The third kappa shape index (κ3) is 7.45. The lowest BCUT2D eigenvalue weighted by molar-refractivity contribution is -0.134. The molecule has 1 saturated heterocycles. The second-order valence-electron chi connectivity index (χ2n) is 9.86. The molecule has 0 bridgehead atoms. The number of ether oxygens (including phenoxy) is 2. The van der Waals surface area contributed by atoms with Crippen molar-refractivity contribution in [2.45, 2.75) is 61.8 Å². The number of hydrogen-bond donors (Lipinski definition) is 3. The molecular formula is C28H35N3O7S. The first kappa shape index (κ1) is 29.9. The van der Waals surface area contributed by atoms with Crippen LogP contribution in [0.1, 0.15) is 39.2 Å². The minimum Gasteiger partial charge on any atom is -0.416 e. The van der Waals surface area contributed by atoms with Gasteiger partial charge in [-0.1, -0.05) is 43.0 Å². The van der Waals surface area contributed by atoms with Crippen molar-refractivity contribution in [3.8, 4) is 11.1 Å². The van der Waals surface area contributed by atoms with Crippen LogP contribution in [-0.2, 0) is 35.3 Å². The Morgan fingerprint density at radius 3 is 2.05 bits per heavy atom. The molecule has 1 fully saturated rings. The van der Waals surface area contributed by atoms with Gasteiger partial charge in [0.25, 0.3) is 0 Å². The monoisotopic (exact) mass is 557 g/mol. The van der Waals surface area contributed by atoms with Crippen LogP contribution in [0.5, 0.6) is 0 Å². The predicted octanol–water partition coefficient (Wildman–Crippen LogP) is 2.86. The van der Waals surface area contributed by atoms with Crippen LogP contribution >= 0.6 is 0 Å². The van der Waals surface area contributed by atoms with Gasteiger partial charge in [0, 0.05) is 32.5 Å². The summed E-state index contributed by atoms with van der Waals surface area (Å²) in [6, 6.07) is 12.9. The maximum Gasteiger partial charge on any atom is 0.413 e. The standard InChI is InChI=1S/C28H35N3O7S/c1-18(2)38-27(34)31-28(13-15-37-16-14-28)26(33)30-24(25(29)32)17-20-5-7-21(8-6-20)22-9-11-23(12-10-22)39(35,36)19(3)4/h5-12,19,24H,1,13-17H2,2-4H3,(H2,29,32)(H,30,33)(H,31,34)/t24-/m0/s1. The Hall–Kier alpha value is -3.70. The Morgan fingerprint density at radius 1 is 1.03 bits per heavy atom. The largest absolute Gasteiger partial charge is 0.416 e. The average molecular weight is 558 g/mol. The summed E-state index contributed by atoms with van der Waals surface area (Å²) >= 11 is 0. The van der Waals surface area contributed by atoms with Gasteiger partial charge in [-0.15, -0.1) is 0 Å². The fraction of sp³-hybridized carbons (Fsp3) is 0.393. The summed E-state index contributed by atoms with van der Waals surface area (Å²) in [5.41, 5.74) is 6.73. The van der Waals surface area contributed by atoms with Crippen molar-refractivity contribution in [1.29, 1.82) is 0 Å². The second kappa shape index (κ2) is 12.4. The number of rotatable bonds is 10. The molecule has 11 heteroatoms. The minimum absolute atomic E-state index is 0.135. The van der Waals surface area contributed by atoms with Gasteiger partial charge < -0.3 is 25.8 Å². The molecule has 0 aromatic heterocycles. The highest BCUT2D eigenvalue weighted by molar-refractivity contribution is 7.92. The highest BCUT2D eigenvalue weighted by Gasteiger charge is 2.43. The molecule has 210 valence electrons. The first-order valence-corrected chi connectivity index (χ1v) is 14.2. The van der Waals surface area contributed by atoms with Crippen LogP contribution in [0.2, 0.25) is 0 Å². The van der Waals surface area contributed by atoms with Gasteiger partial charge in [0.2, 0.25) is 11.8 Å². The van der Waals surface area contributed by atoms with E-state index in [2.05, 4.69) is 17.2 Å². The number of benzene rings is 2. The van der Waals surface area contributed by atoms with E-state index in [9.17, 15) is 22.8 Å². The van der Waals surface area contributed by atoms with Gasteiger partial charge >= 0.3 is 6.09 Å². The molecule has 1 atom stereocenters. The van der Waals surface area contributed by atoms with Crippen LogP contribution in [0.4, 0.5) is 4.79 Å². The molecule has 10 nitrogen and oxygen atoms in total. The lowest BCUT2D eigenvalue weighted by atomic mass is 9.88. The second-order valence-corrected chi connectivity index (χ2v) is 12.4. The Bertz CT molecular complexity index is 1310. The SMILES string of the molecule is C=C(C)OC(=O)NC1(C(=O)N[C@@H](Cc2ccc(-c3ccc(S(=O)(=O)C(C)C)cc3)cc2)C(N)=O)CCOCC1. The van der Waals surface area contributed by atoms with E-state index in [4.69, 9.17) is 15.2 Å². The van der Waals surface area contributed by atoms with E-state index in [0.29, 0.717) is 0 Å². The van der Waals surface area contributed by atoms with Crippen LogP contribution < -0.4 is 16.4 Å². The molecule has 0 radical (unpaired) electrons. The van der Waals surface area contributed by atoms with E-state index in [0.717, 1.165) is 16.7 Å². The molecule has 4 N–H and O–H groups in total. The van der Waals surface area contributed by atoms with E-state index in [1.165, 1.54) is 6.92 Å². The number of nitrogens with two attached hydrogens (primary N) is 1. The van der Waals surface area contributed by atoms with Gasteiger partial charge in [0.1, 0.15) is 11.6 Å². The first-order chi connectivity index (χ1) is 18.3. The molecule has 1 aliphatic rings. The van der Waals surface area contributed by atoms with Crippen molar-refractivity contribution in [1.82, 2.24) is 10.6 Å². The number of primary amides is 1. The predicted molar refractivity (Wildman–Crippen MR) is 146 cm³/mol. The van der Waals surface area contributed by atoms with Crippen LogP contribution in [-0.4, -0.2) is 56.4 Å². The Balaban J connectivity index is 1.72. The van der Waals surface area contributed by atoms with E-state index in [1.807, 2.05) is 24.3 Å². The molecular weight excluding hydrogens is 522 g/mol. The van der Waals surface area contributed by atoms with Crippen molar-refractivity contribution < 1.29 is 32.3 Å². The van der Waals surface area contributed by atoms with Crippen molar-refractivity contribution in [3.63, 3.8) is 0 Å². The van der Waals surface area contributed by atoms with E-state index in [-0.39, 0.29) is 43.1 Å². The van der Waals surface area contributed by atoms with Crippen molar-refractivity contribution in [2.75, 3.05) is 13.2 Å². The maximum atomic E-state index is 13.3. The van der Waals surface area contributed by atoms with Crippen molar-refractivity contribution in [2.24, 2.45) is 5.73 Å². The van der Waals surface area contributed by atoms with Gasteiger partial charge in [-0.3, -0.25) is 9.59 Å². The van der Waals surface area contributed by atoms with Gasteiger partial charge in [-0.25, -0.2) is 13.2 Å². The third-order valence-electron chi connectivity index (χ3n) is 6.57. The van der Waals surface area contributed by atoms with Crippen LogP contribution in [0, 0.1) is 0 Å². The smallest absolute Gasteiger partial charge is 0.413 e. The fourth-order valence-corrected chi connectivity index (χ4v) is 5.26. The number of carbonyl (C=O) groups excluding carboxylic acids is 3. The highest BCUT2D eigenvalue weighted by atomic mass is 32.2. The average Bonchev–Trinajstić information content (AvgIpc) is 2.88. The Labute approximate surface area is 228 Å². The third-order valence-corrected chi connectivity index (χ3v) is 8.74. The molecule has 0 saturated carbocycles. The topological polar surface area (TPSA) is 154 Å². The summed E-state index contributed by atoms with van der Waals surface area (Å²) in [7, 11) is -3.36. The van der Waals surface area contributed by atoms with E-state index in [1.54, 1.807) is 38.1 Å². The van der Waals surface area contributed by atoms with Gasteiger partial charge in [0.05, 0.1) is 15.9 Å². The first-order valence-electron chi connectivity index (χ1n) is 12.6. The molecule has 1 aliphatic heterocycles. The summed E-state index contributed by atoms with van der Waals surface area (Å²) in [5.74, 6) is -1.10. The lowest BCUT2D eigenvalue weighted by Gasteiger charge is -2.36. The van der Waals surface area contributed by atoms with Crippen molar-refractivity contribution >= 4 is 27.7 Å². The lowest BCUT2D eigenvalue weighted by Crippen LogP contribution is -2.63. The molecule has 1 heterocycles. The minimum atomic E-state index is -3.36. The van der Waals surface area contributed by atoms with Gasteiger partial charge in [-0.2, -0.15) is 0 Å². The van der Waals surface area contributed by atoms with Crippen LogP contribution in [0.3, 0.4) is 0 Å². The Morgan fingerprint density at radius 2 is 1.56 bits per heavy atom. The number of allylic oxidation sites excluding steroid dienone is 1. The summed E-state index contributed by atoms with van der Waals surface area (Å²) in [4.78, 5) is 38.1. The summed E-state index contributed by atoms with van der Waals surface area (Å²) in [5, 5.41) is 4.79. The van der Waals surface area contributed by atoms with Crippen LogP contribution in [0.15, 0.2) is 65.8 Å². The molecule has 0 spiro atoms. The number of hydrogen-bond acceptors (Lipinski definition) is 7. The molecule has 39 heavy (non-hydrogen) atoms. The van der Waals surface area contributed by atoms with Crippen molar-refractivity contribution in [3.05, 3.63) is 66.4 Å². The number of sulfone groups is 1. The van der Waals surface area contributed by atoms with E-state index < -0.39 is 44.6 Å². The molecule has 0 unspecified atom stereocenters. The van der Waals surface area contributed by atoms with Gasteiger partial charge in [0.15, 0.2) is 9.84 Å². The number of alkyl carbamates (subject to hydrolysis) is 1. The zero-order chi connectivity index (χ0) is 28.8. The zero-order valence-electron chi connectivity index (χ0n) is 22.4. The summed E-state index contributed by atoms with van der Waals surface area (Å²) in [6.45, 7) is 8.80. The maximum absolute atomic E-state index is 13.3. The Kier molecular flexibility index (Phi) is 9.52. The molecule has 2 aromatic rings. The molecule has 0 aliphatic carbocycles. The fourth-order valence-electron chi connectivity index (χ4n) is 4.21. The molecule has 2 aromatic carbocycles. The van der Waals surface area contributed by atoms with Gasteiger partial charge in [-0.05, 0) is 49.6 Å². The number of nitrogens with one attached hydrogen (secondary N) is 2. The highest BCUT2D eigenvalue weighted by Crippen LogP contribution is 2.25. The normalized spacial score (nSPS) is 15.7. The zero-order valence-corrected chi connectivity index (χ0v) is 23.2. The molecule has 3 rings (SSSR count). The quantitative estimate of drug-likeness (QED) is 0.380. The molecule has 3 amide bonds.